The third-order valence-corrected chi connectivity index (χ3v) is 6.70. The molecule has 0 radical (unpaired) electrons. The zero-order chi connectivity index (χ0) is 18.0. The summed E-state index contributed by atoms with van der Waals surface area (Å²) in [6.45, 7) is 4.06. The molecule has 1 aliphatic rings. The molecule has 1 saturated heterocycles. The summed E-state index contributed by atoms with van der Waals surface area (Å²) >= 11 is 6.00. The summed E-state index contributed by atoms with van der Waals surface area (Å²) in [5, 5.41) is 10.5. The van der Waals surface area contributed by atoms with Crippen LogP contribution in [0.5, 0.6) is 5.75 Å². The van der Waals surface area contributed by atoms with Crippen molar-refractivity contribution in [1.82, 2.24) is 9.21 Å². The van der Waals surface area contributed by atoms with Crippen LogP contribution in [0.15, 0.2) is 53.4 Å². The Morgan fingerprint density at radius 1 is 1.16 bits per heavy atom. The molecule has 0 spiro atoms. The van der Waals surface area contributed by atoms with E-state index in [0.29, 0.717) is 36.1 Å². The number of piperazine rings is 1. The number of hydrogen-bond donors (Lipinski definition) is 1. The SMILES string of the molecule is C[C@H]1CN(Cc2cc(Cl)ccc2O)CCN1S(=O)(=O)c1ccccc1. The molecule has 1 aliphatic heterocycles. The molecular weight excluding hydrogens is 360 g/mol. The van der Waals surface area contributed by atoms with Crippen LogP contribution in [0.25, 0.3) is 0 Å². The second kappa shape index (κ2) is 7.33. The lowest BCUT2D eigenvalue weighted by Gasteiger charge is -2.39. The van der Waals surface area contributed by atoms with Crippen LogP contribution < -0.4 is 0 Å². The predicted molar refractivity (Wildman–Crippen MR) is 98.2 cm³/mol. The zero-order valence-corrected chi connectivity index (χ0v) is 15.5. The number of sulfonamides is 1. The average Bonchev–Trinajstić information content (AvgIpc) is 2.59. The van der Waals surface area contributed by atoms with Gasteiger partial charge in [-0.3, -0.25) is 4.90 Å². The van der Waals surface area contributed by atoms with Crippen molar-refractivity contribution in [3.63, 3.8) is 0 Å². The number of nitrogens with zero attached hydrogens (tertiary/aromatic N) is 2. The zero-order valence-electron chi connectivity index (χ0n) is 14.0. The monoisotopic (exact) mass is 380 g/mol. The van der Waals surface area contributed by atoms with Crippen LogP contribution in [0.4, 0.5) is 0 Å². The lowest BCUT2D eigenvalue weighted by atomic mass is 10.1. The molecule has 1 N–H and O–H groups in total. The minimum Gasteiger partial charge on any atom is -0.508 e. The van der Waals surface area contributed by atoms with Crippen molar-refractivity contribution >= 4 is 21.6 Å². The van der Waals surface area contributed by atoms with E-state index in [2.05, 4.69) is 4.90 Å². The topological polar surface area (TPSA) is 60.9 Å². The highest BCUT2D eigenvalue weighted by atomic mass is 35.5. The molecule has 0 saturated carbocycles. The van der Waals surface area contributed by atoms with Crippen LogP contribution in [-0.2, 0) is 16.6 Å². The van der Waals surface area contributed by atoms with Gasteiger partial charge in [-0.15, -0.1) is 0 Å². The Kier molecular flexibility index (Phi) is 5.34. The highest BCUT2D eigenvalue weighted by Gasteiger charge is 2.33. The normalized spacial score (nSPS) is 19.8. The summed E-state index contributed by atoms with van der Waals surface area (Å²) in [6, 6.07) is 13.3. The second-order valence-electron chi connectivity index (χ2n) is 6.29. The third-order valence-electron chi connectivity index (χ3n) is 4.44. The number of rotatable bonds is 4. The van der Waals surface area contributed by atoms with Gasteiger partial charge in [-0.1, -0.05) is 29.8 Å². The molecule has 1 atom stereocenters. The van der Waals surface area contributed by atoms with E-state index in [4.69, 9.17) is 11.6 Å². The molecule has 25 heavy (non-hydrogen) atoms. The fourth-order valence-corrected chi connectivity index (χ4v) is 5.00. The Morgan fingerprint density at radius 3 is 2.56 bits per heavy atom. The Labute approximate surface area is 153 Å². The van der Waals surface area contributed by atoms with Crippen molar-refractivity contribution in [2.45, 2.75) is 24.4 Å². The lowest BCUT2D eigenvalue weighted by molar-refractivity contribution is 0.137. The molecule has 1 heterocycles. The van der Waals surface area contributed by atoms with Gasteiger partial charge < -0.3 is 5.11 Å². The minimum atomic E-state index is -3.49. The number of halogens is 1. The quantitative estimate of drug-likeness (QED) is 0.885. The van der Waals surface area contributed by atoms with Crippen molar-refractivity contribution in [3.8, 4) is 5.75 Å². The van der Waals surface area contributed by atoms with Crippen molar-refractivity contribution in [2.24, 2.45) is 0 Å². The second-order valence-corrected chi connectivity index (χ2v) is 8.61. The number of phenols is 1. The highest BCUT2D eigenvalue weighted by molar-refractivity contribution is 7.89. The highest BCUT2D eigenvalue weighted by Crippen LogP contribution is 2.26. The van der Waals surface area contributed by atoms with E-state index in [-0.39, 0.29) is 11.8 Å². The Balaban J connectivity index is 1.72. The van der Waals surface area contributed by atoms with Gasteiger partial charge in [0.2, 0.25) is 10.0 Å². The summed E-state index contributed by atoms with van der Waals surface area (Å²) in [4.78, 5) is 2.45. The van der Waals surface area contributed by atoms with E-state index in [1.807, 2.05) is 6.92 Å². The van der Waals surface area contributed by atoms with Gasteiger partial charge in [-0.2, -0.15) is 4.31 Å². The lowest BCUT2D eigenvalue weighted by Crippen LogP contribution is -2.53. The third kappa shape index (κ3) is 3.98. The van der Waals surface area contributed by atoms with Crippen molar-refractivity contribution in [2.75, 3.05) is 19.6 Å². The number of phenolic OH excluding ortho intramolecular Hbond substituents is 1. The van der Waals surface area contributed by atoms with E-state index in [1.54, 1.807) is 52.8 Å². The molecule has 0 amide bonds. The fourth-order valence-electron chi connectivity index (χ4n) is 3.17. The van der Waals surface area contributed by atoms with Gasteiger partial charge in [-0.25, -0.2) is 8.42 Å². The first-order chi connectivity index (χ1) is 11.9. The molecule has 0 aromatic heterocycles. The Bertz CT molecular complexity index is 843. The molecule has 134 valence electrons. The molecule has 0 unspecified atom stereocenters. The molecule has 7 heteroatoms. The molecule has 1 fully saturated rings. The van der Waals surface area contributed by atoms with Crippen molar-refractivity contribution < 1.29 is 13.5 Å². The van der Waals surface area contributed by atoms with Crippen molar-refractivity contribution in [1.29, 1.82) is 0 Å². The maximum atomic E-state index is 12.8. The fraction of sp³-hybridized carbons (Fsp3) is 0.333. The minimum absolute atomic E-state index is 0.153. The van der Waals surface area contributed by atoms with E-state index in [9.17, 15) is 13.5 Å². The van der Waals surface area contributed by atoms with Gasteiger partial charge in [0.05, 0.1) is 4.90 Å². The summed E-state index contributed by atoms with van der Waals surface area (Å²) in [6.07, 6.45) is 0. The van der Waals surface area contributed by atoms with Crippen LogP contribution >= 0.6 is 11.6 Å². The number of hydrogen-bond acceptors (Lipinski definition) is 4. The average molecular weight is 381 g/mol. The van der Waals surface area contributed by atoms with E-state index in [0.717, 1.165) is 5.56 Å². The van der Waals surface area contributed by atoms with E-state index in [1.165, 1.54) is 0 Å². The van der Waals surface area contributed by atoms with Gasteiger partial charge in [0.25, 0.3) is 0 Å². The summed E-state index contributed by atoms with van der Waals surface area (Å²) in [5.41, 5.74) is 0.749. The van der Waals surface area contributed by atoms with Gasteiger partial charge >= 0.3 is 0 Å². The molecule has 0 aliphatic carbocycles. The Hall–Kier alpha value is -1.60. The molecule has 2 aromatic rings. The van der Waals surface area contributed by atoms with Gasteiger partial charge in [0, 0.05) is 42.8 Å². The molecule has 3 rings (SSSR count). The van der Waals surface area contributed by atoms with Crippen LogP contribution in [0.2, 0.25) is 5.02 Å². The maximum Gasteiger partial charge on any atom is 0.243 e. The first-order valence-corrected chi connectivity index (χ1v) is 9.96. The predicted octanol–water partition coefficient (Wildman–Crippen LogP) is 2.94. The van der Waals surface area contributed by atoms with E-state index < -0.39 is 10.0 Å². The van der Waals surface area contributed by atoms with Crippen LogP contribution in [0.1, 0.15) is 12.5 Å². The first-order valence-electron chi connectivity index (χ1n) is 8.14. The molecule has 0 bridgehead atoms. The first kappa shape index (κ1) is 18.2. The number of aromatic hydroxyl groups is 1. The maximum absolute atomic E-state index is 12.8. The summed E-state index contributed by atoms with van der Waals surface area (Å²) < 4.78 is 27.2. The Morgan fingerprint density at radius 2 is 1.88 bits per heavy atom. The van der Waals surface area contributed by atoms with Gasteiger partial charge in [0.1, 0.15) is 5.75 Å². The van der Waals surface area contributed by atoms with Gasteiger partial charge in [-0.05, 0) is 37.3 Å². The number of benzene rings is 2. The van der Waals surface area contributed by atoms with Crippen LogP contribution in [-0.4, -0.2) is 48.4 Å². The standard InChI is InChI=1S/C18H21ClN2O3S/c1-14-12-20(13-15-11-16(19)7-8-18(15)22)9-10-21(14)25(23,24)17-5-3-2-4-6-17/h2-8,11,14,22H,9-10,12-13H2,1H3/t14-/m0/s1. The smallest absolute Gasteiger partial charge is 0.243 e. The molecular formula is C18H21ClN2O3S. The van der Waals surface area contributed by atoms with Crippen LogP contribution in [0, 0.1) is 0 Å². The molecule has 5 nitrogen and oxygen atoms in total. The van der Waals surface area contributed by atoms with E-state index >= 15 is 0 Å². The molecule has 2 aromatic carbocycles. The summed E-state index contributed by atoms with van der Waals surface area (Å²) in [5.74, 6) is 0.205. The summed E-state index contributed by atoms with van der Waals surface area (Å²) in [7, 11) is -3.49. The van der Waals surface area contributed by atoms with Crippen molar-refractivity contribution in [3.05, 3.63) is 59.1 Å². The largest absolute Gasteiger partial charge is 0.508 e. The van der Waals surface area contributed by atoms with Gasteiger partial charge in [0.15, 0.2) is 0 Å². The van der Waals surface area contributed by atoms with Crippen LogP contribution in [0.3, 0.4) is 0 Å².